The number of phenols is 1. The molecule has 3 saturated carbocycles. The maximum Gasteiger partial charge on any atom is 0.160 e. The van der Waals surface area contributed by atoms with Crippen molar-refractivity contribution in [3.63, 3.8) is 0 Å². The van der Waals surface area contributed by atoms with E-state index in [0.717, 1.165) is 65.5 Å². The van der Waals surface area contributed by atoms with Crippen LogP contribution in [0.4, 0.5) is 0 Å². The summed E-state index contributed by atoms with van der Waals surface area (Å²) in [7, 11) is 1.53. The van der Waals surface area contributed by atoms with E-state index in [1.165, 1.54) is 23.9 Å². The van der Waals surface area contributed by atoms with Gasteiger partial charge in [-0.1, -0.05) is 79.5 Å². The van der Waals surface area contributed by atoms with E-state index >= 15 is 0 Å². The quantitative estimate of drug-likeness (QED) is 0.0652. The number of Topliss-reactive ketones (excluding diaryl/α,β-unsaturated/α-hetero) is 2. The summed E-state index contributed by atoms with van der Waals surface area (Å²) >= 11 is 0. The second-order valence-corrected chi connectivity index (χ2v) is 22.8. The summed E-state index contributed by atoms with van der Waals surface area (Å²) in [6, 6.07) is 18.6. The molecular weight excluding hydrogens is 899 g/mol. The molecule has 15 atom stereocenters. The molecule has 11 heteroatoms. The average molecular weight is 970 g/mol. The number of aromatic amines is 1. The van der Waals surface area contributed by atoms with E-state index < -0.39 is 23.5 Å². The van der Waals surface area contributed by atoms with Gasteiger partial charge < -0.3 is 46.7 Å². The zero-order valence-electron chi connectivity index (χ0n) is 41.7. The maximum atomic E-state index is 14.9. The molecule has 72 heavy (non-hydrogen) atoms. The number of phenolic OH excluding ortho intramolecular Hbond substituents is 1. The van der Waals surface area contributed by atoms with Crippen LogP contribution in [0.25, 0.3) is 16.8 Å². The highest BCUT2D eigenvalue weighted by molar-refractivity contribution is 5.90. The third-order valence-electron chi connectivity index (χ3n) is 19.3. The standard InChI is InChI=1S/C61H71N5O6/c1-3-63-32-47-46(23-41-31-65-48-29-49(68)43-14-11-40-30-66-60-56(40)57(43)59(48)55(41)58(47)60)38-17-20-61(53(71)25-38)19-16-34(45-28-50(69)51(72-2)24-37(45)12-15-52(61)70)10-13-42(67)27-44(39-18-21-64-54(62)26-39)36-9-8-33-6-4-5-7-35(33)22-36/h4-9,11,14,18,22,24,26,28,30,34,38,41-44,46-48,53,55,57-59,63-67,69,71H,3,10,12-13,15,17,20-21,23,25,27,29,31-32,62H2,1-2H3. The number of dihydropyridines is 1. The molecule has 9 N–H and O–H groups in total. The summed E-state index contributed by atoms with van der Waals surface area (Å²) in [5, 5.41) is 49.2. The number of aliphatic hydroxyl groups excluding tert-OH is 2. The monoisotopic (exact) mass is 970 g/mol. The Hall–Kier alpha value is -5.64. The van der Waals surface area contributed by atoms with Crippen LogP contribution in [0.1, 0.15) is 122 Å². The van der Waals surface area contributed by atoms with E-state index in [0.29, 0.717) is 104 Å². The summed E-state index contributed by atoms with van der Waals surface area (Å²) in [6.45, 7) is 5.46. The molecule has 4 aromatic rings. The molecule has 4 fully saturated rings. The first-order valence-corrected chi connectivity index (χ1v) is 27.1. The van der Waals surface area contributed by atoms with E-state index in [-0.39, 0.29) is 47.7 Å². The summed E-state index contributed by atoms with van der Waals surface area (Å²) < 4.78 is 5.59. The zero-order chi connectivity index (χ0) is 49.4. The molecule has 3 aromatic carbocycles. The van der Waals surface area contributed by atoms with Gasteiger partial charge in [-0.3, -0.25) is 9.59 Å². The lowest BCUT2D eigenvalue weighted by atomic mass is 9.44. The van der Waals surface area contributed by atoms with Crippen molar-refractivity contribution in [2.24, 2.45) is 52.6 Å². The van der Waals surface area contributed by atoms with Crippen LogP contribution in [0.3, 0.4) is 0 Å². The smallest absolute Gasteiger partial charge is 0.160 e. The molecule has 0 radical (unpaired) electrons. The number of aromatic nitrogens is 1. The Morgan fingerprint density at radius 2 is 1.89 bits per heavy atom. The fourth-order valence-corrected chi connectivity index (χ4v) is 16.0. The molecule has 15 unspecified atom stereocenters. The first-order valence-electron chi connectivity index (χ1n) is 27.1. The lowest BCUT2D eigenvalue weighted by Crippen LogP contribution is -2.64. The molecule has 6 aliphatic carbocycles. The Balaban J connectivity index is 0.832. The lowest BCUT2D eigenvalue weighted by Gasteiger charge is -2.62. The number of aromatic hydroxyl groups is 1. The summed E-state index contributed by atoms with van der Waals surface area (Å²) in [6.07, 6.45) is 14.5. The van der Waals surface area contributed by atoms with E-state index in [2.05, 4.69) is 94.5 Å². The molecule has 11 nitrogen and oxygen atoms in total. The van der Waals surface area contributed by atoms with Gasteiger partial charge >= 0.3 is 0 Å². The van der Waals surface area contributed by atoms with Crippen LogP contribution in [0.5, 0.6) is 11.5 Å². The van der Waals surface area contributed by atoms with Gasteiger partial charge in [0.25, 0.3) is 0 Å². The van der Waals surface area contributed by atoms with Crippen LogP contribution in [-0.2, 0) is 16.0 Å². The number of hydrogen-bond acceptors (Lipinski definition) is 10. The van der Waals surface area contributed by atoms with Gasteiger partial charge in [0.05, 0.1) is 25.1 Å². The second kappa shape index (κ2) is 19.0. The van der Waals surface area contributed by atoms with Crippen LogP contribution >= 0.6 is 0 Å². The predicted octanol–water partition coefficient (Wildman–Crippen LogP) is 7.84. The number of aliphatic hydroxyl groups is 2. The molecule has 8 aliphatic rings. The van der Waals surface area contributed by atoms with Crippen LogP contribution in [0.2, 0.25) is 0 Å². The zero-order valence-corrected chi connectivity index (χ0v) is 41.7. The van der Waals surface area contributed by atoms with Crippen LogP contribution in [0.15, 0.2) is 90.4 Å². The third-order valence-corrected chi connectivity index (χ3v) is 19.3. The largest absolute Gasteiger partial charge is 0.504 e. The van der Waals surface area contributed by atoms with Crippen molar-refractivity contribution in [2.45, 2.75) is 113 Å². The number of ether oxygens (including phenoxy) is 1. The first kappa shape index (κ1) is 47.4. The van der Waals surface area contributed by atoms with E-state index in [1.807, 2.05) is 24.3 Å². The minimum atomic E-state index is -1.23. The number of nitrogens with one attached hydrogen (secondary N) is 4. The van der Waals surface area contributed by atoms with Crippen molar-refractivity contribution >= 4 is 28.4 Å². The summed E-state index contributed by atoms with van der Waals surface area (Å²) in [5.74, 6) is 10.6. The van der Waals surface area contributed by atoms with Crippen LogP contribution in [-0.4, -0.2) is 83.4 Å². The Bertz CT molecular complexity index is 2940. The molecule has 1 spiro atoms. The molecule has 1 saturated heterocycles. The minimum Gasteiger partial charge on any atom is -0.504 e. The van der Waals surface area contributed by atoms with E-state index in [1.54, 1.807) is 6.07 Å². The maximum absolute atomic E-state index is 14.9. The topological polar surface area (TPSA) is 182 Å². The predicted molar refractivity (Wildman–Crippen MR) is 280 cm³/mol. The number of methoxy groups -OCH3 is 1. The number of nitrogens with two attached hydrogens (primary N) is 1. The Kier molecular flexibility index (Phi) is 12.5. The number of carbonyl (C=O) groups excluding carboxylic acids is 2. The Labute approximate surface area is 423 Å². The second-order valence-electron chi connectivity index (χ2n) is 22.8. The number of ketones is 2. The SMILES string of the molecule is CCNCC1C(C2CCC3(C#CC(CCC(O)CC(C4=CCNC(N)=C4)c4ccc5ccccc5c4)c4cc(O)c(OC)cc4CCC3=O)C(O)C2)CC2CNC3CC(=O)C4C=Cc5c[nH]c6c5C4C3C2C61. The van der Waals surface area contributed by atoms with Crippen LogP contribution < -0.4 is 26.4 Å². The third kappa shape index (κ3) is 8.03. The van der Waals surface area contributed by atoms with Gasteiger partial charge in [0.2, 0.25) is 0 Å². The van der Waals surface area contributed by atoms with Crippen molar-refractivity contribution < 1.29 is 29.6 Å². The molecule has 12 rings (SSSR count). The van der Waals surface area contributed by atoms with Crippen LogP contribution in [0, 0.1) is 58.7 Å². The number of piperidine rings is 1. The lowest BCUT2D eigenvalue weighted by molar-refractivity contribution is -0.137. The van der Waals surface area contributed by atoms with Crippen molar-refractivity contribution in [3.05, 3.63) is 124 Å². The summed E-state index contributed by atoms with van der Waals surface area (Å²) in [4.78, 5) is 32.3. The molecule has 2 aliphatic heterocycles. The number of benzene rings is 3. The van der Waals surface area contributed by atoms with Gasteiger partial charge in [0.1, 0.15) is 11.2 Å². The molecule has 3 heterocycles. The van der Waals surface area contributed by atoms with Crippen molar-refractivity contribution in [2.75, 3.05) is 33.3 Å². The van der Waals surface area contributed by atoms with Gasteiger partial charge in [-0.25, -0.2) is 0 Å². The summed E-state index contributed by atoms with van der Waals surface area (Å²) in [5.41, 5.74) is 12.9. The van der Waals surface area contributed by atoms with Gasteiger partial charge in [-0.15, -0.1) is 0 Å². The van der Waals surface area contributed by atoms with E-state index in [9.17, 15) is 24.9 Å². The molecule has 376 valence electrons. The number of fused-ring (bicyclic) bond motifs is 3. The average Bonchev–Trinajstić information content (AvgIpc) is 3.85. The fourth-order valence-electron chi connectivity index (χ4n) is 16.0. The highest BCUT2D eigenvalue weighted by Gasteiger charge is 2.63. The Morgan fingerprint density at radius 1 is 1.03 bits per heavy atom. The normalized spacial score (nSPS) is 33.9. The number of hydrogen-bond donors (Lipinski definition) is 8. The highest BCUT2D eigenvalue weighted by Crippen LogP contribution is 2.66. The Morgan fingerprint density at radius 3 is 2.71 bits per heavy atom. The fraction of sp³-hybridized carbons (Fsp3) is 0.508. The number of rotatable bonds is 12. The molecule has 0 bridgehead atoms. The molecule has 1 aromatic heterocycles. The number of H-pyrrole nitrogens is 1. The first-order chi connectivity index (χ1) is 35.0. The van der Waals surface area contributed by atoms with Gasteiger partial charge in [0.15, 0.2) is 17.3 Å². The van der Waals surface area contributed by atoms with Crippen molar-refractivity contribution in [3.8, 4) is 23.3 Å². The molecule has 0 amide bonds. The number of aryl methyl sites for hydroxylation is 1. The minimum absolute atomic E-state index is 0.00939. The van der Waals surface area contributed by atoms with E-state index in [4.69, 9.17) is 10.5 Å². The number of allylic oxidation sites excluding steroid dienone is 3. The van der Waals surface area contributed by atoms with Gasteiger partial charge in [-0.05, 0) is 169 Å². The number of carbonyl (C=O) groups is 2. The van der Waals surface area contributed by atoms with Gasteiger partial charge in [0, 0.05) is 66.9 Å². The highest BCUT2D eigenvalue weighted by atomic mass is 16.5. The van der Waals surface area contributed by atoms with Crippen molar-refractivity contribution in [1.29, 1.82) is 0 Å². The molecular formula is C61H71N5O6. The van der Waals surface area contributed by atoms with Gasteiger partial charge in [-0.2, -0.15) is 0 Å². The van der Waals surface area contributed by atoms with Crippen molar-refractivity contribution in [1.82, 2.24) is 20.9 Å².